The van der Waals surface area contributed by atoms with Crippen LogP contribution >= 0.6 is 0 Å². The fourth-order valence-corrected chi connectivity index (χ4v) is 3.09. The molecule has 0 unspecified atom stereocenters. The van der Waals surface area contributed by atoms with Gasteiger partial charge in [0.05, 0.1) is 6.20 Å². The third-order valence-corrected chi connectivity index (χ3v) is 4.61. The first-order chi connectivity index (χ1) is 13.1. The van der Waals surface area contributed by atoms with Crippen molar-refractivity contribution in [2.75, 3.05) is 25.0 Å². The molecule has 0 atom stereocenters. The van der Waals surface area contributed by atoms with E-state index in [0.717, 1.165) is 19.3 Å². The van der Waals surface area contributed by atoms with E-state index in [1.54, 1.807) is 17.0 Å². The molecule has 0 spiro atoms. The molecule has 2 N–H and O–H groups in total. The predicted octanol–water partition coefficient (Wildman–Crippen LogP) is 2.68. The molecule has 7 nitrogen and oxygen atoms in total. The molecule has 3 rings (SSSR count). The molecule has 0 bridgehead atoms. The molecular weight excluding hydrogens is 349 g/mol. The summed E-state index contributed by atoms with van der Waals surface area (Å²) in [7, 11) is 0. The smallest absolute Gasteiger partial charge is 0.321 e. The van der Waals surface area contributed by atoms with Crippen molar-refractivity contribution in [2.24, 2.45) is 5.92 Å². The first-order valence-electron chi connectivity index (χ1n) is 8.97. The molecule has 0 aliphatic carbocycles. The van der Waals surface area contributed by atoms with Gasteiger partial charge < -0.3 is 15.5 Å². The number of benzene rings is 1. The molecule has 1 aromatic carbocycles. The number of rotatable bonds is 5. The van der Waals surface area contributed by atoms with E-state index in [1.165, 1.54) is 30.7 Å². The number of hydrogen-bond donors (Lipinski definition) is 2. The summed E-state index contributed by atoms with van der Waals surface area (Å²) in [6, 6.07) is 5.64. The molecule has 2 aromatic rings. The largest absolute Gasteiger partial charge is 0.351 e. The lowest BCUT2D eigenvalue weighted by Crippen LogP contribution is -2.41. The molecule has 1 aliphatic rings. The van der Waals surface area contributed by atoms with Gasteiger partial charge in [-0.2, -0.15) is 0 Å². The highest BCUT2D eigenvalue weighted by atomic mass is 19.1. The average Bonchev–Trinajstić information content (AvgIpc) is 2.69. The zero-order chi connectivity index (χ0) is 19.1. The molecular formula is C19H22FN5O2. The number of nitrogens with zero attached hydrogens (tertiary/aromatic N) is 3. The second-order valence-electron chi connectivity index (χ2n) is 6.51. The Hall–Kier alpha value is -3.03. The number of aromatic nitrogens is 2. The lowest BCUT2D eigenvalue weighted by Gasteiger charge is -2.32. The van der Waals surface area contributed by atoms with Crippen molar-refractivity contribution in [3.63, 3.8) is 0 Å². The quantitative estimate of drug-likeness (QED) is 0.846. The van der Waals surface area contributed by atoms with Crippen LogP contribution in [0.4, 0.5) is 14.9 Å². The minimum Gasteiger partial charge on any atom is -0.351 e. The summed E-state index contributed by atoms with van der Waals surface area (Å²) in [5.41, 5.74) is 0.759. The van der Waals surface area contributed by atoms with Crippen LogP contribution in [0.25, 0.3) is 0 Å². The number of likely N-dealkylation sites (tertiary alicyclic amines) is 1. The molecule has 1 fully saturated rings. The molecule has 1 saturated heterocycles. The van der Waals surface area contributed by atoms with Gasteiger partial charge in [0.25, 0.3) is 5.91 Å². The van der Waals surface area contributed by atoms with Gasteiger partial charge in [0.15, 0.2) is 0 Å². The number of nitrogens with one attached hydrogen (secondary N) is 2. The highest BCUT2D eigenvalue weighted by molar-refractivity contribution is 5.91. The Balaban J connectivity index is 1.37. The Morgan fingerprint density at radius 1 is 1.22 bits per heavy atom. The number of piperidine rings is 1. The first kappa shape index (κ1) is 18.8. The lowest BCUT2D eigenvalue weighted by molar-refractivity contribution is 0.0944. The molecule has 0 saturated carbocycles. The fraction of sp³-hybridized carbons (Fsp3) is 0.368. The second kappa shape index (κ2) is 9.07. The van der Waals surface area contributed by atoms with E-state index in [9.17, 15) is 14.0 Å². The van der Waals surface area contributed by atoms with Crippen molar-refractivity contribution in [3.05, 3.63) is 54.4 Å². The Morgan fingerprint density at radius 3 is 2.74 bits per heavy atom. The fourth-order valence-electron chi connectivity index (χ4n) is 3.09. The van der Waals surface area contributed by atoms with E-state index >= 15 is 0 Å². The Bertz CT molecular complexity index is 779. The van der Waals surface area contributed by atoms with Crippen LogP contribution in [0.2, 0.25) is 0 Å². The second-order valence-corrected chi connectivity index (χ2v) is 6.51. The van der Waals surface area contributed by atoms with Gasteiger partial charge in [-0.05, 0) is 43.4 Å². The van der Waals surface area contributed by atoms with E-state index in [0.29, 0.717) is 36.9 Å². The van der Waals surface area contributed by atoms with Gasteiger partial charge in [0.2, 0.25) is 0 Å². The summed E-state index contributed by atoms with van der Waals surface area (Å²) in [4.78, 5) is 33.8. The van der Waals surface area contributed by atoms with Crippen molar-refractivity contribution in [1.29, 1.82) is 0 Å². The van der Waals surface area contributed by atoms with Gasteiger partial charge in [-0.15, -0.1) is 0 Å². The maximum Gasteiger partial charge on any atom is 0.321 e. The van der Waals surface area contributed by atoms with Crippen LogP contribution in [0.5, 0.6) is 0 Å². The summed E-state index contributed by atoms with van der Waals surface area (Å²) in [5.74, 6) is -0.157. The van der Waals surface area contributed by atoms with Crippen LogP contribution in [0.1, 0.15) is 29.8 Å². The molecule has 142 valence electrons. The summed E-state index contributed by atoms with van der Waals surface area (Å²) < 4.78 is 13.2. The van der Waals surface area contributed by atoms with Gasteiger partial charge >= 0.3 is 6.03 Å². The molecule has 1 aromatic heterocycles. The van der Waals surface area contributed by atoms with Crippen molar-refractivity contribution < 1.29 is 14.0 Å². The highest BCUT2D eigenvalue weighted by Crippen LogP contribution is 2.21. The summed E-state index contributed by atoms with van der Waals surface area (Å²) >= 11 is 0. The maximum atomic E-state index is 13.2. The number of hydrogen-bond acceptors (Lipinski definition) is 4. The van der Waals surface area contributed by atoms with Crippen LogP contribution in [0.15, 0.2) is 42.9 Å². The minimum absolute atomic E-state index is 0.213. The van der Waals surface area contributed by atoms with Gasteiger partial charge in [-0.25, -0.2) is 14.2 Å². The minimum atomic E-state index is -0.380. The summed E-state index contributed by atoms with van der Waals surface area (Å²) in [5, 5.41) is 5.57. The maximum absolute atomic E-state index is 13.2. The van der Waals surface area contributed by atoms with Gasteiger partial charge in [0, 0.05) is 37.7 Å². The Kier molecular flexibility index (Phi) is 6.30. The van der Waals surface area contributed by atoms with Crippen LogP contribution in [-0.2, 0) is 0 Å². The van der Waals surface area contributed by atoms with Gasteiger partial charge in [-0.1, -0.05) is 6.07 Å². The van der Waals surface area contributed by atoms with Crippen molar-refractivity contribution in [2.45, 2.75) is 19.3 Å². The number of halogens is 1. The first-order valence-corrected chi connectivity index (χ1v) is 8.97. The lowest BCUT2D eigenvalue weighted by atomic mass is 9.93. The average molecular weight is 371 g/mol. The number of carbonyl (C=O) groups is 2. The molecule has 3 amide bonds. The summed E-state index contributed by atoms with van der Waals surface area (Å²) in [6.45, 7) is 1.85. The Morgan fingerprint density at radius 2 is 2.04 bits per heavy atom. The number of urea groups is 1. The van der Waals surface area contributed by atoms with Crippen LogP contribution in [-0.4, -0.2) is 46.4 Å². The van der Waals surface area contributed by atoms with Crippen LogP contribution < -0.4 is 10.6 Å². The van der Waals surface area contributed by atoms with Crippen molar-refractivity contribution in [3.8, 4) is 0 Å². The van der Waals surface area contributed by atoms with E-state index in [1.807, 2.05) is 0 Å². The van der Waals surface area contributed by atoms with Gasteiger partial charge in [0.1, 0.15) is 11.5 Å². The monoisotopic (exact) mass is 371 g/mol. The van der Waals surface area contributed by atoms with E-state index in [2.05, 4.69) is 20.6 Å². The zero-order valence-electron chi connectivity index (χ0n) is 14.9. The van der Waals surface area contributed by atoms with E-state index < -0.39 is 0 Å². The molecule has 1 aliphatic heterocycles. The zero-order valence-corrected chi connectivity index (χ0v) is 14.9. The van der Waals surface area contributed by atoms with Crippen molar-refractivity contribution in [1.82, 2.24) is 20.2 Å². The van der Waals surface area contributed by atoms with Crippen LogP contribution in [0, 0.1) is 11.7 Å². The molecule has 2 heterocycles. The predicted molar refractivity (Wildman–Crippen MR) is 98.7 cm³/mol. The Labute approximate surface area is 157 Å². The number of carbonyl (C=O) groups excluding carboxylic acids is 2. The molecule has 0 radical (unpaired) electrons. The number of amides is 3. The molecule has 27 heavy (non-hydrogen) atoms. The normalized spacial score (nSPS) is 14.6. The molecule has 8 heteroatoms. The van der Waals surface area contributed by atoms with Gasteiger partial charge in [-0.3, -0.25) is 9.78 Å². The third kappa shape index (κ3) is 5.47. The summed E-state index contributed by atoms with van der Waals surface area (Å²) in [6.07, 6.45) is 7.04. The topological polar surface area (TPSA) is 87.2 Å². The third-order valence-electron chi connectivity index (χ3n) is 4.61. The van der Waals surface area contributed by atoms with Crippen molar-refractivity contribution >= 4 is 17.6 Å². The van der Waals surface area contributed by atoms with E-state index in [-0.39, 0.29) is 17.8 Å². The van der Waals surface area contributed by atoms with E-state index in [4.69, 9.17) is 0 Å². The number of anilines is 1. The highest BCUT2D eigenvalue weighted by Gasteiger charge is 2.23. The van der Waals surface area contributed by atoms with Crippen LogP contribution in [0.3, 0.4) is 0 Å². The SMILES string of the molecule is O=C(NCCC1CCN(C(=O)Nc2cccc(F)c2)CC1)c1cnccn1. The standard InChI is InChI=1S/C19H22FN5O2/c20-15-2-1-3-16(12-15)24-19(27)25-10-5-14(6-11-25)4-7-23-18(26)17-13-21-8-9-22-17/h1-3,8-9,12-14H,4-7,10-11H2,(H,23,26)(H,24,27).